The summed E-state index contributed by atoms with van der Waals surface area (Å²) in [5.74, 6) is -0.0303. The van der Waals surface area contributed by atoms with Crippen LogP contribution in [0.4, 0.5) is 0 Å². The van der Waals surface area contributed by atoms with E-state index in [9.17, 15) is 4.79 Å². The number of carbonyl (C=O) groups excluding carboxylic acids is 1. The van der Waals surface area contributed by atoms with Gasteiger partial charge in [0.2, 0.25) is 0 Å². The van der Waals surface area contributed by atoms with Gasteiger partial charge in [-0.05, 0) is 51.4 Å². The first-order valence-electron chi connectivity index (χ1n) is 12.8. The first-order chi connectivity index (χ1) is 14.8. The van der Waals surface area contributed by atoms with Crippen LogP contribution in [0.2, 0.25) is 0 Å². The summed E-state index contributed by atoms with van der Waals surface area (Å²) in [4.78, 5) is 11.7. The van der Waals surface area contributed by atoms with Crippen molar-refractivity contribution in [1.29, 1.82) is 0 Å². The van der Waals surface area contributed by atoms with Gasteiger partial charge in [0.1, 0.15) is 0 Å². The second-order valence-electron chi connectivity index (χ2n) is 8.48. The third kappa shape index (κ3) is 25.2. The Morgan fingerprint density at radius 1 is 0.533 bits per heavy atom. The fourth-order valence-electron chi connectivity index (χ4n) is 3.56. The number of aliphatic hydroxyl groups is 2. The predicted octanol–water partition coefficient (Wildman–Crippen LogP) is 6.87. The molecule has 0 spiro atoms. The number of rotatable bonds is 24. The van der Waals surface area contributed by atoms with Gasteiger partial charge in [-0.15, -0.1) is 0 Å². The summed E-state index contributed by atoms with van der Waals surface area (Å²) in [6, 6.07) is 0. The van der Waals surface area contributed by atoms with Crippen LogP contribution in [0.15, 0.2) is 12.2 Å². The van der Waals surface area contributed by atoms with Crippen LogP contribution in [0.1, 0.15) is 128 Å². The molecular weight excluding hydrogens is 376 g/mol. The van der Waals surface area contributed by atoms with Crippen molar-refractivity contribution in [3.63, 3.8) is 0 Å². The smallest absolute Gasteiger partial charge is 0.305 e. The summed E-state index contributed by atoms with van der Waals surface area (Å²) in [7, 11) is 0. The topological polar surface area (TPSA) is 66.8 Å². The number of unbranched alkanes of at least 4 members (excludes halogenated alkanes) is 16. The Morgan fingerprint density at radius 2 is 0.933 bits per heavy atom. The fourth-order valence-corrected chi connectivity index (χ4v) is 3.56. The van der Waals surface area contributed by atoms with Crippen molar-refractivity contribution >= 4 is 5.97 Å². The molecule has 0 saturated carbocycles. The van der Waals surface area contributed by atoms with E-state index in [1.807, 2.05) is 0 Å². The van der Waals surface area contributed by atoms with E-state index in [4.69, 9.17) is 14.9 Å². The van der Waals surface area contributed by atoms with Crippen LogP contribution in [-0.2, 0) is 9.53 Å². The minimum absolute atomic E-state index is 0.0303. The predicted molar refractivity (Wildman–Crippen MR) is 127 cm³/mol. The third-order valence-electron chi connectivity index (χ3n) is 5.51. The minimum atomic E-state index is -0.0303. The maximum atomic E-state index is 11.7. The molecule has 178 valence electrons. The van der Waals surface area contributed by atoms with E-state index in [-0.39, 0.29) is 5.97 Å². The van der Waals surface area contributed by atoms with Gasteiger partial charge in [-0.1, -0.05) is 82.8 Å². The maximum absolute atomic E-state index is 11.7. The lowest BCUT2D eigenvalue weighted by Gasteiger charge is -2.05. The summed E-state index contributed by atoms with van der Waals surface area (Å²) in [5.41, 5.74) is 0. The molecule has 4 nitrogen and oxygen atoms in total. The lowest BCUT2D eigenvalue weighted by Crippen LogP contribution is -2.05. The first kappa shape index (κ1) is 29.1. The molecule has 0 saturated heterocycles. The zero-order valence-electron chi connectivity index (χ0n) is 19.6. The van der Waals surface area contributed by atoms with E-state index in [0.29, 0.717) is 26.2 Å². The van der Waals surface area contributed by atoms with Gasteiger partial charge in [0.15, 0.2) is 0 Å². The van der Waals surface area contributed by atoms with Crippen LogP contribution in [-0.4, -0.2) is 36.0 Å². The van der Waals surface area contributed by atoms with Crippen molar-refractivity contribution < 1.29 is 19.7 Å². The first-order valence-corrected chi connectivity index (χ1v) is 12.8. The monoisotopic (exact) mass is 426 g/mol. The van der Waals surface area contributed by atoms with Gasteiger partial charge in [0, 0.05) is 19.6 Å². The van der Waals surface area contributed by atoms with E-state index in [1.54, 1.807) is 0 Å². The summed E-state index contributed by atoms with van der Waals surface area (Å²) in [6.07, 6.45) is 27.0. The number of hydrogen-bond donors (Lipinski definition) is 2. The molecule has 0 aromatic rings. The molecule has 0 rings (SSSR count). The molecule has 0 fully saturated rings. The van der Waals surface area contributed by atoms with Gasteiger partial charge in [0.05, 0.1) is 6.61 Å². The van der Waals surface area contributed by atoms with Crippen molar-refractivity contribution in [3.8, 4) is 0 Å². The van der Waals surface area contributed by atoms with E-state index in [1.165, 1.54) is 70.6 Å². The molecule has 0 unspecified atom stereocenters. The highest BCUT2D eigenvalue weighted by Crippen LogP contribution is 2.10. The average molecular weight is 427 g/mol. The highest BCUT2D eigenvalue weighted by atomic mass is 16.5. The van der Waals surface area contributed by atoms with E-state index in [2.05, 4.69) is 12.2 Å². The van der Waals surface area contributed by atoms with Gasteiger partial charge in [-0.25, -0.2) is 0 Å². The second kappa shape index (κ2) is 26.2. The summed E-state index contributed by atoms with van der Waals surface area (Å²) in [5, 5.41) is 17.4. The van der Waals surface area contributed by atoms with E-state index in [0.717, 1.165) is 51.4 Å². The van der Waals surface area contributed by atoms with Gasteiger partial charge < -0.3 is 14.9 Å². The largest absolute Gasteiger partial charge is 0.466 e. The molecule has 0 atom stereocenters. The fraction of sp³-hybridized carbons (Fsp3) is 0.885. The third-order valence-corrected chi connectivity index (χ3v) is 5.51. The van der Waals surface area contributed by atoms with Crippen LogP contribution in [0, 0.1) is 0 Å². The van der Waals surface area contributed by atoms with E-state index >= 15 is 0 Å². The van der Waals surface area contributed by atoms with Gasteiger partial charge in [0.25, 0.3) is 0 Å². The van der Waals surface area contributed by atoms with Gasteiger partial charge in [-0.2, -0.15) is 0 Å². The highest BCUT2D eigenvalue weighted by molar-refractivity contribution is 5.69. The lowest BCUT2D eigenvalue weighted by atomic mass is 10.1. The Bertz CT molecular complexity index is 368. The number of ether oxygens (including phenoxy) is 1. The lowest BCUT2D eigenvalue weighted by molar-refractivity contribution is -0.143. The molecule has 0 aliphatic rings. The minimum Gasteiger partial charge on any atom is -0.466 e. The van der Waals surface area contributed by atoms with Crippen molar-refractivity contribution in [2.75, 3.05) is 19.8 Å². The number of allylic oxidation sites excluding steroid dienone is 2. The molecule has 0 aliphatic carbocycles. The van der Waals surface area contributed by atoms with Gasteiger partial charge >= 0.3 is 5.97 Å². The Kier molecular flexibility index (Phi) is 25.4. The van der Waals surface area contributed by atoms with Crippen LogP contribution in [0.25, 0.3) is 0 Å². The molecule has 0 bridgehead atoms. The molecule has 30 heavy (non-hydrogen) atoms. The average Bonchev–Trinajstić information content (AvgIpc) is 2.75. The molecule has 0 radical (unpaired) electrons. The van der Waals surface area contributed by atoms with E-state index < -0.39 is 0 Å². The molecule has 0 aliphatic heterocycles. The van der Waals surface area contributed by atoms with Crippen molar-refractivity contribution in [2.24, 2.45) is 0 Å². The van der Waals surface area contributed by atoms with Gasteiger partial charge in [-0.3, -0.25) is 4.79 Å². The zero-order chi connectivity index (χ0) is 22.0. The van der Waals surface area contributed by atoms with Crippen LogP contribution in [0.3, 0.4) is 0 Å². The molecule has 0 amide bonds. The summed E-state index contributed by atoms with van der Waals surface area (Å²) < 4.78 is 5.31. The number of esters is 1. The molecule has 0 aromatic heterocycles. The molecule has 0 aromatic carbocycles. The Balaban J connectivity index is 3.20. The van der Waals surface area contributed by atoms with Crippen LogP contribution in [0.5, 0.6) is 0 Å². The number of hydrogen-bond acceptors (Lipinski definition) is 4. The zero-order valence-corrected chi connectivity index (χ0v) is 19.6. The van der Waals surface area contributed by atoms with Crippen molar-refractivity contribution in [3.05, 3.63) is 12.2 Å². The maximum Gasteiger partial charge on any atom is 0.305 e. The molecule has 0 heterocycles. The van der Waals surface area contributed by atoms with Crippen molar-refractivity contribution in [2.45, 2.75) is 128 Å². The standard InChI is InChI=1S/C26H50O4/c27-23-19-15-11-8-6-4-2-1-3-5-7-10-14-18-22-26(29)30-25-21-17-13-9-12-16-20-24-28/h1-2,27-28H,3-25H2/b2-1-. The number of carbonyl (C=O) groups is 1. The Hall–Kier alpha value is -0.870. The SMILES string of the molecule is O=C(CCCCCCC/C=C\CCCCCCCO)OCCCCCCCCCO. The molecule has 4 heteroatoms. The summed E-state index contributed by atoms with van der Waals surface area (Å²) in [6.45, 7) is 1.21. The normalized spacial score (nSPS) is 11.4. The Labute approximate surface area is 186 Å². The van der Waals surface area contributed by atoms with Crippen molar-refractivity contribution in [1.82, 2.24) is 0 Å². The molecular formula is C26H50O4. The summed E-state index contributed by atoms with van der Waals surface area (Å²) >= 11 is 0. The molecule has 2 N–H and O–H groups in total. The van der Waals surface area contributed by atoms with Crippen LogP contribution >= 0.6 is 0 Å². The quantitative estimate of drug-likeness (QED) is 0.100. The highest BCUT2D eigenvalue weighted by Gasteiger charge is 2.02. The second-order valence-corrected chi connectivity index (χ2v) is 8.48. The van der Waals surface area contributed by atoms with Crippen LogP contribution < -0.4 is 0 Å². The number of aliphatic hydroxyl groups excluding tert-OH is 2. The Morgan fingerprint density at radius 3 is 1.43 bits per heavy atom.